The molecular weight excluding hydrogens is 310 g/mol. The Hall–Kier alpha value is -1.12. The third-order valence-electron chi connectivity index (χ3n) is 4.22. The van der Waals surface area contributed by atoms with Crippen molar-refractivity contribution in [3.63, 3.8) is 0 Å². The highest BCUT2D eigenvalue weighted by atomic mass is 35.5. The molecule has 1 aliphatic heterocycles. The lowest BCUT2D eigenvalue weighted by molar-refractivity contribution is -0.0952. The molecule has 1 aromatic carbocycles. The normalized spacial score (nSPS) is 22.2. The van der Waals surface area contributed by atoms with Gasteiger partial charge in [0.25, 0.3) is 0 Å². The van der Waals surface area contributed by atoms with Crippen LogP contribution in [-0.2, 0) is 11.3 Å². The first-order chi connectivity index (χ1) is 10.4. The summed E-state index contributed by atoms with van der Waals surface area (Å²) in [7, 11) is 0. The largest absolute Gasteiger partial charge is 0.373 e. The summed E-state index contributed by atoms with van der Waals surface area (Å²) >= 11 is 0. The second kappa shape index (κ2) is 8.65. The Balaban J connectivity index is 0.00000264. The molecule has 2 rings (SSSR count). The molecule has 0 aliphatic carbocycles. The Bertz CT molecular complexity index is 531. The maximum absolute atomic E-state index is 8.95. The average molecular weight is 338 g/mol. The van der Waals surface area contributed by atoms with Crippen LogP contribution in [0.4, 0.5) is 0 Å². The molecule has 1 N–H and O–H groups in total. The minimum atomic E-state index is 0. The van der Waals surface area contributed by atoms with Crippen molar-refractivity contribution in [1.29, 1.82) is 5.26 Å². The monoisotopic (exact) mass is 337 g/mol. The van der Waals surface area contributed by atoms with Crippen LogP contribution >= 0.6 is 12.4 Å². The molecule has 128 valence electrons. The van der Waals surface area contributed by atoms with E-state index in [4.69, 9.17) is 10.00 Å². The van der Waals surface area contributed by atoms with Gasteiger partial charge in [0.05, 0.1) is 23.8 Å². The molecule has 0 radical (unpaired) electrons. The molecule has 0 amide bonds. The number of nitrogens with zero attached hydrogens (tertiary/aromatic N) is 2. The molecule has 1 aliphatic rings. The number of nitrogens with one attached hydrogen (secondary N) is 1. The average Bonchev–Trinajstić information content (AvgIpc) is 2.46. The van der Waals surface area contributed by atoms with E-state index in [1.807, 2.05) is 18.2 Å². The van der Waals surface area contributed by atoms with E-state index in [1.54, 1.807) is 0 Å². The van der Waals surface area contributed by atoms with Gasteiger partial charge in [-0.2, -0.15) is 5.26 Å². The number of benzene rings is 1. The maximum Gasteiger partial charge on any atom is 0.0991 e. The van der Waals surface area contributed by atoms with E-state index < -0.39 is 0 Å². The van der Waals surface area contributed by atoms with Crippen molar-refractivity contribution in [2.24, 2.45) is 0 Å². The number of rotatable bonds is 5. The quantitative estimate of drug-likeness (QED) is 0.897. The summed E-state index contributed by atoms with van der Waals surface area (Å²) < 4.78 is 5.82. The first-order valence-electron chi connectivity index (χ1n) is 8.01. The second-order valence-corrected chi connectivity index (χ2v) is 6.89. The number of morpholine rings is 1. The lowest BCUT2D eigenvalue weighted by Crippen LogP contribution is -2.58. The molecule has 1 heterocycles. The third kappa shape index (κ3) is 5.78. The topological polar surface area (TPSA) is 48.3 Å². The van der Waals surface area contributed by atoms with Crippen molar-refractivity contribution < 1.29 is 4.74 Å². The summed E-state index contributed by atoms with van der Waals surface area (Å²) in [4.78, 5) is 2.50. The van der Waals surface area contributed by atoms with E-state index in [1.165, 1.54) is 0 Å². The first-order valence-corrected chi connectivity index (χ1v) is 8.01. The molecule has 4 nitrogen and oxygen atoms in total. The van der Waals surface area contributed by atoms with Gasteiger partial charge in [-0.05, 0) is 45.4 Å². The zero-order valence-corrected chi connectivity index (χ0v) is 15.3. The highest BCUT2D eigenvalue weighted by Gasteiger charge is 2.32. The van der Waals surface area contributed by atoms with Gasteiger partial charge in [0.2, 0.25) is 0 Å². The van der Waals surface area contributed by atoms with Gasteiger partial charge in [-0.1, -0.05) is 12.1 Å². The summed E-state index contributed by atoms with van der Waals surface area (Å²) in [6.07, 6.45) is 0.575. The van der Waals surface area contributed by atoms with E-state index >= 15 is 0 Å². The van der Waals surface area contributed by atoms with Crippen LogP contribution in [0.25, 0.3) is 0 Å². The van der Waals surface area contributed by atoms with E-state index in [9.17, 15) is 0 Å². The number of nitriles is 1. The summed E-state index contributed by atoms with van der Waals surface area (Å²) in [5.74, 6) is 0. The van der Waals surface area contributed by atoms with Crippen molar-refractivity contribution in [3.8, 4) is 6.07 Å². The van der Waals surface area contributed by atoms with Gasteiger partial charge >= 0.3 is 0 Å². The predicted molar refractivity (Wildman–Crippen MR) is 95.8 cm³/mol. The number of ether oxygens (including phenoxy) is 1. The maximum atomic E-state index is 8.95. The van der Waals surface area contributed by atoms with Crippen LogP contribution in [-0.4, -0.2) is 42.3 Å². The van der Waals surface area contributed by atoms with Crippen molar-refractivity contribution in [2.45, 2.75) is 52.0 Å². The highest BCUT2D eigenvalue weighted by Crippen LogP contribution is 2.20. The zero-order chi connectivity index (χ0) is 16.2. The van der Waals surface area contributed by atoms with Crippen molar-refractivity contribution >= 4 is 12.4 Å². The smallest absolute Gasteiger partial charge is 0.0991 e. The summed E-state index contributed by atoms with van der Waals surface area (Å²) in [5.41, 5.74) is 1.95. The molecule has 2 atom stereocenters. The SMILES string of the molecule is CC1CN(C(C)(C)CNCc2cccc(C#N)c2)CC(C)O1.Cl. The Morgan fingerprint density at radius 2 is 1.96 bits per heavy atom. The van der Waals surface area contributed by atoms with Crippen LogP contribution in [0.15, 0.2) is 24.3 Å². The number of halogens is 1. The van der Waals surface area contributed by atoms with Gasteiger partial charge in [-0.25, -0.2) is 0 Å². The van der Waals surface area contributed by atoms with E-state index in [0.29, 0.717) is 0 Å². The van der Waals surface area contributed by atoms with Gasteiger partial charge in [0.15, 0.2) is 0 Å². The van der Waals surface area contributed by atoms with Crippen LogP contribution in [0.1, 0.15) is 38.8 Å². The molecule has 1 saturated heterocycles. The summed E-state index contributed by atoms with van der Waals surface area (Å²) in [5, 5.41) is 12.5. The predicted octanol–water partition coefficient (Wildman–Crippen LogP) is 2.96. The molecule has 2 unspecified atom stereocenters. The molecule has 1 fully saturated rings. The fourth-order valence-electron chi connectivity index (χ4n) is 3.05. The fourth-order valence-corrected chi connectivity index (χ4v) is 3.05. The van der Waals surface area contributed by atoms with Crippen molar-refractivity contribution in [2.75, 3.05) is 19.6 Å². The molecule has 1 aromatic rings. The Kier molecular flexibility index (Phi) is 7.50. The molecule has 5 heteroatoms. The van der Waals surface area contributed by atoms with E-state index in [0.717, 1.165) is 37.3 Å². The molecule has 0 aromatic heterocycles. The lowest BCUT2D eigenvalue weighted by Gasteiger charge is -2.45. The summed E-state index contributed by atoms with van der Waals surface area (Å²) in [6, 6.07) is 9.96. The van der Waals surface area contributed by atoms with Gasteiger partial charge in [0, 0.05) is 31.7 Å². The minimum Gasteiger partial charge on any atom is -0.373 e. The first kappa shape index (κ1) is 19.9. The van der Waals surface area contributed by atoms with Crippen LogP contribution in [0.2, 0.25) is 0 Å². The van der Waals surface area contributed by atoms with E-state index in [-0.39, 0.29) is 30.2 Å². The molecule has 0 spiro atoms. The second-order valence-electron chi connectivity index (χ2n) is 6.89. The van der Waals surface area contributed by atoms with Gasteiger partial charge in [-0.3, -0.25) is 4.90 Å². The molecule has 23 heavy (non-hydrogen) atoms. The van der Waals surface area contributed by atoms with Crippen molar-refractivity contribution in [3.05, 3.63) is 35.4 Å². The van der Waals surface area contributed by atoms with Gasteiger partial charge in [0.1, 0.15) is 0 Å². The lowest BCUT2D eigenvalue weighted by atomic mass is 10.00. The fraction of sp³-hybridized carbons (Fsp3) is 0.611. The van der Waals surface area contributed by atoms with Crippen LogP contribution in [0, 0.1) is 11.3 Å². The standard InChI is InChI=1S/C18H27N3O.ClH/c1-14-11-21(12-15(2)22-14)18(3,4)13-20-10-17-7-5-6-16(8-17)9-19;/h5-8,14-15,20H,10-13H2,1-4H3;1H. The Morgan fingerprint density at radius 1 is 1.30 bits per heavy atom. The van der Waals surface area contributed by atoms with Crippen molar-refractivity contribution in [1.82, 2.24) is 10.2 Å². The molecule has 0 saturated carbocycles. The van der Waals surface area contributed by atoms with Gasteiger partial charge in [-0.15, -0.1) is 12.4 Å². The molecular formula is C18H28ClN3O. The molecule has 0 bridgehead atoms. The third-order valence-corrected chi connectivity index (χ3v) is 4.22. The minimum absolute atomic E-state index is 0. The van der Waals surface area contributed by atoms with E-state index in [2.05, 4.69) is 50.0 Å². The van der Waals surface area contributed by atoms with Crippen LogP contribution in [0.3, 0.4) is 0 Å². The number of hydrogen-bond acceptors (Lipinski definition) is 4. The number of hydrogen-bond donors (Lipinski definition) is 1. The zero-order valence-electron chi connectivity index (χ0n) is 14.5. The van der Waals surface area contributed by atoms with Gasteiger partial charge < -0.3 is 10.1 Å². The Labute approximate surface area is 146 Å². The Morgan fingerprint density at radius 3 is 2.57 bits per heavy atom. The highest BCUT2D eigenvalue weighted by molar-refractivity contribution is 5.85. The van der Waals surface area contributed by atoms with Crippen LogP contribution < -0.4 is 5.32 Å². The summed E-state index contributed by atoms with van der Waals surface area (Å²) in [6.45, 7) is 12.5. The van der Waals surface area contributed by atoms with Crippen LogP contribution in [0.5, 0.6) is 0 Å².